The third-order valence-electron chi connectivity index (χ3n) is 3.81. The number of carbonyl (C=O) groups excluding carboxylic acids is 1. The number of nitrogens with one attached hydrogen (secondary N) is 1. The lowest BCUT2D eigenvalue weighted by Crippen LogP contribution is -2.32. The fourth-order valence-electron chi connectivity index (χ4n) is 2.27. The fraction of sp³-hybridized carbons (Fsp3) is 0.312. The van der Waals surface area contributed by atoms with E-state index < -0.39 is 6.04 Å². The summed E-state index contributed by atoms with van der Waals surface area (Å²) in [6.45, 7) is 5.73. The SMILES string of the molecule is Cc1noc(C)c1CNC(=O)C(C)n1nnc(-c2ccccc2)n1. The molecular formula is C16H18N6O2. The molecule has 3 aromatic rings. The van der Waals surface area contributed by atoms with Crippen molar-refractivity contribution >= 4 is 5.91 Å². The van der Waals surface area contributed by atoms with E-state index in [9.17, 15) is 4.79 Å². The second kappa shape index (κ2) is 6.61. The van der Waals surface area contributed by atoms with Gasteiger partial charge in [0.15, 0.2) is 0 Å². The molecule has 1 N–H and O–H groups in total. The molecule has 2 heterocycles. The van der Waals surface area contributed by atoms with Crippen LogP contribution in [0.5, 0.6) is 0 Å². The smallest absolute Gasteiger partial charge is 0.246 e. The number of aryl methyl sites for hydroxylation is 2. The lowest BCUT2D eigenvalue weighted by atomic mass is 10.2. The number of carbonyl (C=O) groups is 1. The zero-order valence-corrected chi connectivity index (χ0v) is 13.7. The largest absolute Gasteiger partial charge is 0.361 e. The summed E-state index contributed by atoms with van der Waals surface area (Å²) in [6.07, 6.45) is 0. The van der Waals surface area contributed by atoms with Gasteiger partial charge in [-0.3, -0.25) is 4.79 Å². The molecule has 0 aliphatic carbocycles. The number of hydrogen-bond acceptors (Lipinski definition) is 6. The summed E-state index contributed by atoms with van der Waals surface area (Å²) in [5.41, 5.74) is 2.50. The second-order valence-corrected chi connectivity index (χ2v) is 5.50. The van der Waals surface area contributed by atoms with Crippen molar-refractivity contribution in [2.45, 2.75) is 33.4 Å². The average molecular weight is 326 g/mol. The molecule has 0 fully saturated rings. The van der Waals surface area contributed by atoms with E-state index >= 15 is 0 Å². The van der Waals surface area contributed by atoms with Gasteiger partial charge in [-0.2, -0.15) is 4.80 Å². The molecule has 8 heteroatoms. The molecule has 24 heavy (non-hydrogen) atoms. The van der Waals surface area contributed by atoms with E-state index in [4.69, 9.17) is 4.52 Å². The Kier molecular flexibility index (Phi) is 4.37. The highest BCUT2D eigenvalue weighted by Gasteiger charge is 2.19. The zero-order valence-electron chi connectivity index (χ0n) is 13.7. The highest BCUT2D eigenvalue weighted by Crippen LogP contribution is 2.14. The molecule has 0 saturated heterocycles. The van der Waals surface area contributed by atoms with E-state index in [1.165, 1.54) is 4.80 Å². The normalized spacial score (nSPS) is 12.1. The van der Waals surface area contributed by atoms with E-state index in [0.717, 1.165) is 16.8 Å². The Morgan fingerprint density at radius 2 is 2.04 bits per heavy atom. The van der Waals surface area contributed by atoms with Crippen molar-refractivity contribution in [2.24, 2.45) is 0 Å². The van der Waals surface area contributed by atoms with Crippen LogP contribution in [-0.4, -0.2) is 31.3 Å². The quantitative estimate of drug-likeness (QED) is 0.768. The molecule has 1 aromatic carbocycles. The van der Waals surface area contributed by atoms with Crippen molar-refractivity contribution in [1.29, 1.82) is 0 Å². The van der Waals surface area contributed by atoms with Gasteiger partial charge in [-0.05, 0) is 26.0 Å². The Labute approximate surface area is 138 Å². The van der Waals surface area contributed by atoms with Gasteiger partial charge in [-0.15, -0.1) is 10.2 Å². The fourth-order valence-corrected chi connectivity index (χ4v) is 2.27. The van der Waals surface area contributed by atoms with E-state index in [1.54, 1.807) is 6.92 Å². The number of nitrogens with zero attached hydrogens (tertiary/aromatic N) is 5. The van der Waals surface area contributed by atoms with Crippen LogP contribution in [0.25, 0.3) is 11.4 Å². The molecule has 2 aromatic heterocycles. The molecule has 0 aliphatic heterocycles. The molecule has 0 saturated carbocycles. The first-order valence-corrected chi connectivity index (χ1v) is 7.60. The van der Waals surface area contributed by atoms with Gasteiger partial charge in [0.05, 0.1) is 5.69 Å². The van der Waals surface area contributed by atoms with Crippen LogP contribution in [0.4, 0.5) is 0 Å². The molecule has 1 unspecified atom stereocenters. The third-order valence-corrected chi connectivity index (χ3v) is 3.81. The average Bonchev–Trinajstić information content (AvgIpc) is 3.21. The van der Waals surface area contributed by atoms with Gasteiger partial charge in [-0.25, -0.2) is 0 Å². The first-order valence-electron chi connectivity index (χ1n) is 7.60. The zero-order chi connectivity index (χ0) is 17.1. The molecule has 3 rings (SSSR count). The number of tetrazole rings is 1. The summed E-state index contributed by atoms with van der Waals surface area (Å²) in [4.78, 5) is 13.6. The minimum Gasteiger partial charge on any atom is -0.361 e. The minimum atomic E-state index is -0.574. The third kappa shape index (κ3) is 3.17. The molecule has 8 nitrogen and oxygen atoms in total. The van der Waals surface area contributed by atoms with Crippen LogP contribution in [0, 0.1) is 13.8 Å². The van der Waals surface area contributed by atoms with Crippen molar-refractivity contribution in [2.75, 3.05) is 0 Å². The Morgan fingerprint density at radius 1 is 1.29 bits per heavy atom. The highest BCUT2D eigenvalue weighted by molar-refractivity contribution is 5.79. The molecule has 0 spiro atoms. The lowest BCUT2D eigenvalue weighted by molar-refractivity contribution is -0.124. The maximum absolute atomic E-state index is 12.3. The van der Waals surface area contributed by atoms with Gasteiger partial charge >= 0.3 is 0 Å². The van der Waals surface area contributed by atoms with Crippen LogP contribution < -0.4 is 5.32 Å². The predicted octanol–water partition coefficient (Wildman–Crippen LogP) is 1.82. The van der Waals surface area contributed by atoms with Crippen LogP contribution in [0.15, 0.2) is 34.9 Å². The van der Waals surface area contributed by atoms with Gasteiger partial charge in [0.1, 0.15) is 11.8 Å². The molecule has 1 amide bonds. The molecule has 0 aliphatic rings. The Bertz CT molecular complexity index is 820. The van der Waals surface area contributed by atoms with E-state index in [0.29, 0.717) is 18.1 Å². The Balaban J connectivity index is 1.67. The van der Waals surface area contributed by atoms with E-state index in [1.807, 2.05) is 44.2 Å². The number of benzene rings is 1. The Hall–Kier alpha value is -3.03. The maximum Gasteiger partial charge on any atom is 0.246 e. The predicted molar refractivity (Wildman–Crippen MR) is 85.8 cm³/mol. The first kappa shape index (κ1) is 15.9. The summed E-state index contributed by atoms with van der Waals surface area (Å²) in [5, 5.41) is 19.0. The van der Waals surface area contributed by atoms with Crippen LogP contribution in [-0.2, 0) is 11.3 Å². The van der Waals surface area contributed by atoms with Crippen molar-refractivity contribution in [1.82, 2.24) is 30.7 Å². The topological polar surface area (TPSA) is 98.7 Å². The Morgan fingerprint density at radius 3 is 2.71 bits per heavy atom. The summed E-state index contributed by atoms with van der Waals surface area (Å²) >= 11 is 0. The van der Waals surface area contributed by atoms with E-state index in [2.05, 4.69) is 25.9 Å². The van der Waals surface area contributed by atoms with Crippen molar-refractivity contribution in [3.8, 4) is 11.4 Å². The maximum atomic E-state index is 12.3. The standard InChI is InChI=1S/C16H18N6O2/c1-10-14(12(3)24-20-10)9-17-16(23)11(2)22-19-15(18-21-22)13-7-5-4-6-8-13/h4-8,11H,9H2,1-3H3,(H,17,23). The molecule has 1 atom stereocenters. The molecule has 0 radical (unpaired) electrons. The van der Waals surface area contributed by atoms with Crippen LogP contribution in [0.2, 0.25) is 0 Å². The van der Waals surface area contributed by atoms with Crippen LogP contribution in [0.1, 0.15) is 30.0 Å². The first-order chi connectivity index (χ1) is 11.6. The van der Waals surface area contributed by atoms with Gasteiger partial charge in [-0.1, -0.05) is 35.5 Å². The monoisotopic (exact) mass is 326 g/mol. The number of aromatic nitrogens is 5. The number of hydrogen-bond donors (Lipinski definition) is 1. The second-order valence-electron chi connectivity index (χ2n) is 5.50. The molecule has 0 bridgehead atoms. The van der Waals surface area contributed by atoms with Gasteiger partial charge in [0, 0.05) is 17.7 Å². The summed E-state index contributed by atoms with van der Waals surface area (Å²) in [7, 11) is 0. The van der Waals surface area contributed by atoms with E-state index in [-0.39, 0.29) is 5.91 Å². The number of rotatable bonds is 5. The van der Waals surface area contributed by atoms with Crippen molar-refractivity contribution < 1.29 is 9.32 Å². The summed E-state index contributed by atoms with van der Waals surface area (Å²) < 4.78 is 5.08. The highest BCUT2D eigenvalue weighted by atomic mass is 16.5. The van der Waals surface area contributed by atoms with Crippen LogP contribution in [0.3, 0.4) is 0 Å². The number of amides is 1. The summed E-state index contributed by atoms with van der Waals surface area (Å²) in [5.74, 6) is 0.985. The van der Waals surface area contributed by atoms with Gasteiger partial charge in [0.25, 0.3) is 0 Å². The lowest BCUT2D eigenvalue weighted by Gasteiger charge is -2.10. The van der Waals surface area contributed by atoms with Crippen molar-refractivity contribution in [3.05, 3.63) is 47.3 Å². The van der Waals surface area contributed by atoms with Gasteiger partial charge in [0.2, 0.25) is 11.7 Å². The van der Waals surface area contributed by atoms with Crippen molar-refractivity contribution in [3.63, 3.8) is 0 Å². The summed E-state index contributed by atoms with van der Waals surface area (Å²) in [6, 6.07) is 8.92. The van der Waals surface area contributed by atoms with Crippen LogP contribution >= 0.6 is 0 Å². The molecular weight excluding hydrogens is 308 g/mol. The van der Waals surface area contributed by atoms with Gasteiger partial charge < -0.3 is 9.84 Å². The molecule has 124 valence electrons. The minimum absolute atomic E-state index is 0.202.